The number of nitrogens with one attached hydrogen (secondary N) is 3. The fourth-order valence-electron chi connectivity index (χ4n) is 4.40. The first-order valence-corrected chi connectivity index (χ1v) is 18.1. The Kier molecular flexibility index (Phi) is 28.4. The first-order chi connectivity index (χ1) is 25.5. The van der Waals surface area contributed by atoms with Crippen molar-refractivity contribution < 1.29 is 66.7 Å². The number of hydrogen-bond acceptors (Lipinski definition) is 14. The van der Waals surface area contributed by atoms with Gasteiger partial charge in [0, 0.05) is 38.8 Å². The van der Waals surface area contributed by atoms with E-state index in [0.29, 0.717) is 106 Å². The van der Waals surface area contributed by atoms with Crippen molar-refractivity contribution in [1.82, 2.24) is 20.9 Å². The zero-order valence-corrected chi connectivity index (χ0v) is 31.5. The average molecular weight is 759 g/mol. The van der Waals surface area contributed by atoms with Gasteiger partial charge >= 0.3 is 0 Å². The molecule has 3 N–H and O–H groups in total. The van der Waals surface area contributed by atoms with Gasteiger partial charge in [0.2, 0.25) is 29.5 Å². The van der Waals surface area contributed by atoms with Gasteiger partial charge in [0.15, 0.2) is 7.85 Å². The largest absolute Gasteiger partial charge is 0.379 e. The van der Waals surface area contributed by atoms with Crippen molar-refractivity contribution in [3.05, 3.63) is 0 Å². The maximum absolute atomic E-state index is 12.3. The zero-order valence-electron chi connectivity index (χ0n) is 31.5. The van der Waals surface area contributed by atoms with Crippen LogP contribution in [-0.2, 0) is 66.7 Å². The lowest BCUT2D eigenvalue weighted by atomic mass is 9.95. The molecule has 1 heterocycles. The van der Waals surface area contributed by atoms with E-state index in [1.807, 2.05) is 0 Å². The normalized spacial score (nSPS) is 14.1. The Bertz CT molecular complexity index is 1050. The van der Waals surface area contributed by atoms with Crippen LogP contribution < -0.4 is 16.0 Å². The van der Waals surface area contributed by atoms with Crippen LogP contribution in [-0.4, -0.2) is 179 Å². The topological polar surface area (TPSA) is 216 Å². The van der Waals surface area contributed by atoms with Gasteiger partial charge in [-0.3, -0.25) is 28.9 Å². The summed E-state index contributed by atoms with van der Waals surface area (Å²) in [5.74, 6) is -1.68. The predicted octanol–water partition coefficient (Wildman–Crippen LogP) is -1.49. The van der Waals surface area contributed by atoms with Gasteiger partial charge in [-0.15, -0.1) is 0 Å². The second-order valence-corrected chi connectivity index (χ2v) is 12.1. The van der Waals surface area contributed by atoms with E-state index in [1.54, 1.807) is 13.8 Å². The average Bonchev–Trinajstić information content (AvgIpc) is 3.44. The SMILES string of the molecule is [B]C(=O)C(C)NC(=O)C(NC(=O)CCOCCOCCOCCOCCOCCOCCOCCOCCNC(=O)CCN1C(=O)CCC1=O)C(C)C. The summed E-state index contributed by atoms with van der Waals surface area (Å²) in [5, 5.41) is 7.84. The van der Waals surface area contributed by atoms with Crippen molar-refractivity contribution in [2.75, 3.05) is 119 Å². The van der Waals surface area contributed by atoms with Crippen LogP contribution in [0.5, 0.6) is 0 Å². The third-order valence-corrected chi connectivity index (χ3v) is 7.41. The monoisotopic (exact) mass is 758 g/mol. The Balaban J connectivity index is 1.77. The van der Waals surface area contributed by atoms with E-state index >= 15 is 0 Å². The van der Waals surface area contributed by atoms with Crippen LogP contribution in [0.3, 0.4) is 0 Å². The molecule has 2 radical (unpaired) electrons. The van der Waals surface area contributed by atoms with E-state index in [9.17, 15) is 28.8 Å². The van der Waals surface area contributed by atoms with Gasteiger partial charge in [-0.1, -0.05) is 13.8 Å². The number of ether oxygens (including phenoxy) is 8. The van der Waals surface area contributed by atoms with Crippen molar-refractivity contribution in [2.45, 2.75) is 58.5 Å². The van der Waals surface area contributed by atoms with Gasteiger partial charge in [0.05, 0.1) is 117 Å². The van der Waals surface area contributed by atoms with Gasteiger partial charge in [0.1, 0.15) is 6.04 Å². The summed E-state index contributed by atoms with van der Waals surface area (Å²) in [6, 6.07) is -1.63. The second-order valence-electron chi connectivity index (χ2n) is 12.1. The molecule has 0 saturated carbocycles. The molecule has 1 aliphatic heterocycles. The van der Waals surface area contributed by atoms with Crippen LogP contribution in [0.2, 0.25) is 0 Å². The molecule has 19 heteroatoms. The van der Waals surface area contributed by atoms with Gasteiger partial charge < -0.3 is 58.6 Å². The smallest absolute Gasteiger partial charge is 0.243 e. The first kappa shape index (κ1) is 48.0. The molecule has 0 aliphatic carbocycles. The standard InChI is InChI=1S/C34H59BN4O14/c1-26(2)32(34(45)37-27(3)33(35)44)38-29(41)7-10-46-12-14-48-16-18-50-20-22-52-24-25-53-23-21-51-19-17-49-15-13-47-11-8-36-28(40)6-9-39-30(42)4-5-31(39)43/h26-27,32H,4-25H2,1-3H3,(H,36,40)(H,37,45)(H,38,41). The van der Waals surface area contributed by atoms with E-state index in [4.69, 9.17) is 45.7 Å². The van der Waals surface area contributed by atoms with E-state index in [1.165, 1.54) is 6.92 Å². The Morgan fingerprint density at radius 3 is 1.38 bits per heavy atom. The third kappa shape index (κ3) is 25.6. The Labute approximate surface area is 313 Å². The molecular weight excluding hydrogens is 699 g/mol. The molecular formula is C34H59BN4O14. The number of hydrogen-bond donors (Lipinski definition) is 3. The molecule has 2 atom stereocenters. The molecule has 1 rings (SSSR count). The maximum Gasteiger partial charge on any atom is 0.243 e. The Hall–Kier alpha value is -3.04. The van der Waals surface area contributed by atoms with Crippen LogP contribution in [0.4, 0.5) is 0 Å². The number of carbonyl (C=O) groups excluding carboxylic acids is 6. The van der Waals surface area contributed by atoms with Crippen molar-refractivity contribution in [2.24, 2.45) is 5.92 Å². The zero-order chi connectivity index (χ0) is 39.1. The Morgan fingerprint density at radius 2 is 0.981 bits per heavy atom. The van der Waals surface area contributed by atoms with Gasteiger partial charge in [-0.25, -0.2) is 0 Å². The highest BCUT2D eigenvalue weighted by molar-refractivity contribution is 6.59. The van der Waals surface area contributed by atoms with Gasteiger partial charge in [0.25, 0.3) is 0 Å². The highest BCUT2D eigenvalue weighted by Crippen LogP contribution is 2.11. The molecule has 0 spiro atoms. The van der Waals surface area contributed by atoms with Crippen LogP contribution in [0.1, 0.15) is 46.5 Å². The number of likely N-dealkylation sites (tertiary alicyclic amines) is 1. The maximum atomic E-state index is 12.3. The summed E-state index contributed by atoms with van der Waals surface area (Å²) in [6.07, 6.45) is 0.593. The van der Waals surface area contributed by atoms with E-state index in [0.717, 1.165) is 4.90 Å². The summed E-state index contributed by atoms with van der Waals surface area (Å²) in [7, 11) is 5.18. The molecule has 1 aliphatic rings. The molecule has 0 aromatic rings. The molecule has 5 amide bonds. The quantitative estimate of drug-likeness (QED) is 0.0382. The van der Waals surface area contributed by atoms with Crippen molar-refractivity contribution in [3.63, 3.8) is 0 Å². The third-order valence-electron chi connectivity index (χ3n) is 7.41. The number of imide groups is 1. The summed E-state index contributed by atoms with van der Waals surface area (Å²) in [6.45, 7) is 11.6. The van der Waals surface area contributed by atoms with E-state index < -0.39 is 23.7 Å². The lowest BCUT2D eigenvalue weighted by molar-refractivity contribution is -0.138. The van der Waals surface area contributed by atoms with Gasteiger partial charge in [-0.2, -0.15) is 0 Å². The summed E-state index contributed by atoms with van der Waals surface area (Å²) >= 11 is 0. The highest BCUT2D eigenvalue weighted by atomic mass is 16.6. The van der Waals surface area contributed by atoms with E-state index in [-0.39, 0.29) is 68.4 Å². The van der Waals surface area contributed by atoms with Crippen LogP contribution in [0.15, 0.2) is 0 Å². The number of carbonyl (C=O) groups is 6. The van der Waals surface area contributed by atoms with Crippen LogP contribution in [0, 0.1) is 5.92 Å². The molecule has 18 nitrogen and oxygen atoms in total. The lowest BCUT2D eigenvalue weighted by Gasteiger charge is -2.23. The van der Waals surface area contributed by atoms with Crippen molar-refractivity contribution in [1.29, 1.82) is 0 Å². The minimum absolute atomic E-state index is 0.0739. The first-order valence-electron chi connectivity index (χ1n) is 18.1. The molecule has 0 aromatic carbocycles. The molecule has 2 unspecified atom stereocenters. The fourth-order valence-corrected chi connectivity index (χ4v) is 4.40. The van der Waals surface area contributed by atoms with Crippen molar-refractivity contribution in [3.8, 4) is 0 Å². The molecule has 0 aromatic heterocycles. The second kappa shape index (κ2) is 31.3. The number of nitrogens with zero attached hydrogens (tertiary/aromatic N) is 1. The highest BCUT2D eigenvalue weighted by Gasteiger charge is 2.29. The molecule has 1 fully saturated rings. The summed E-state index contributed by atoms with van der Waals surface area (Å²) in [4.78, 5) is 71.8. The number of rotatable bonds is 35. The summed E-state index contributed by atoms with van der Waals surface area (Å²) < 4.78 is 43.5. The molecule has 302 valence electrons. The Morgan fingerprint density at radius 1 is 0.585 bits per heavy atom. The van der Waals surface area contributed by atoms with Crippen LogP contribution in [0.25, 0.3) is 0 Å². The lowest BCUT2D eigenvalue weighted by Crippen LogP contribution is -2.53. The predicted molar refractivity (Wildman–Crippen MR) is 190 cm³/mol. The summed E-state index contributed by atoms with van der Waals surface area (Å²) in [5.41, 5.74) is -0.658. The minimum atomic E-state index is -0.836. The van der Waals surface area contributed by atoms with E-state index in [2.05, 4.69) is 16.0 Å². The molecule has 53 heavy (non-hydrogen) atoms. The van der Waals surface area contributed by atoms with Crippen LogP contribution >= 0.6 is 0 Å². The number of amides is 5. The minimum Gasteiger partial charge on any atom is -0.379 e. The molecule has 1 saturated heterocycles. The van der Waals surface area contributed by atoms with Crippen molar-refractivity contribution >= 4 is 43.1 Å². The molecule has 0 bridgehead atoms. The fraction of sp³-hybridized carbons (Fsp3) is 0.824. The van der Waals surface area contributed by atoms with Gasteiger partial charge in [-0.05, 0) is 12.8 Å².